The van der Waals surface area contributed by atoms with Crippen LogP contribution in [-0.4, -0.2) is 62.8 Å². The molecular weight excluding hydrogens is 224 g/mol. The number of rotatable bonds is 4. The minimum atomic E-state index is 0.867. The van der Waals surface area contributed by atoms with E-state index in [0.717, 1.165) is 13.2 Å². The summed E-state index contributed by atoms with van der Waals surface area (Å²) in [4.78, 5) is 4.96. The summed E-state index contributed by atoms with van der Waals surface area (Å²) in [6.07, 6.45) is 0. The fraction of sp³-hybridized carbons (Fsp3) is 1.00. The summed E-state index contributed by atoms with van der Waals surface area (Å²) in [6.45, 7) is 22.2. The summed E-state index contributed by atoms with van der Waals surface area (Å²) in [5.74, 6) is 0. The summed E-state index contributed by atoms with van der Waals surface area (Å²) < 4.78 is 5.04. The van der Waals surface area contributed by atoms with Crippen LogP contribution in [0.4, 0.5) is 0 Å². The lowest BCUT2D eigenvalue weighted by Gasteiger charge is -2.33. The lowest BCUT2D eigenvalue weighted by Crippen LogP contribution is -2.46. The molecule has 1 heterocycles. The molecule has 0 bridgehead atoms. The molecule has 0 aromatic carbocycles. The topological polar surface area (TPSA) is 15.7 Å². The lowest BCUT2D eigenvalue weighted by molar-refractivity contribution is 0.0995. The first-order valence-corrected chi connectivity index (χ1v) is 7.80. The van der Waals surface area contributed by atoms with E-state index in [1.165, 1.54) is 32.7 Å². The van der Waals surface area contributed by atoms with Gasteiger partial charge in [0, 0.05) is 39.8 Å². The molecule has 1 aliphatic rings. The van der Waals surface area contributed by atoms with E-state index in [1.54, 1.807) is 7.11 Å². The Morgan fingerprint density at radius 2 is 1.17 bits per heavy atom. The molecule has 3 heteroatoms. The van der Waals surface area contributed by atoms with Gasteiger partial charge in [-0.2, -0.15) is 0 Å². The fourth-order valence-electron chi connectivity index (χ4n) is 1.55. The molecule has 0 aromatic heterocycles. The number of hydrogen-bond acceptors (Lipinski definition) is 3. The predicted molar refractivity (Wildman–Crippen MR) is 84.5 cm³/mol. The van der Waals surface area contributed by atoms with Gasteiger partial charge in [-0.1, -0.05) is 48.5 Å². The maximum absolute atomic E-state index is 5.04. The van der Waals surface area contributed by atoms with Crippen molar-refractivity contribution in [2.45, 2.75) is 48.5 Å². The van der Waals surface area contributed by atoms with E-state index in [0.29, 0.717) is 0 Å². The SMILES string of the molecule is CC.CC.CC.CCN1CCN(CCOC)CC1. The van der Waals surface area contributed by atoms with Crippen LogP contribution in [0.3, 0.4) is 0 Å². The minimum absolute atomic E-state index is 0.867. The van der Waals surface area contributed by atoms with Gasteiger partial charge in [0.05, 0.1) is 6.61 Å². The van der Waals surface area contributed by atoms with Gasteiger partial charge in [0.15, 0.2) is 0 Å². The van der Waals surface area contributed by atoms with Crippen LogP contribution in [0, 0.1) is 0 Å². The van der Waals surface area contributed by atoms with Crippen LogP contribution in [-0.2, 0) is 4.74 Å². The molecule has 1 saturated heterocycles. The zero-order valence-corrected chi connectivity index (χ0v) is 14.3. The highest BCUT2D eigenvalue weighted by atomic mass is 16.5. The number of piperazine rings is 1. The number of hydrogen-bond donors (Lipinski definition) is 0. The maximum atomic E-state index is 5.04. The Hall–Kier alpha value is -0.120. The second kappa shape index (κ2) is 22.1. The van der Waals surface area contributed by atoms with E-state index in [2.05, 4.69) is 16.7 Å². The van der Waals surface area contributed by atoms with Gasteiger partial charge in [-0.25, -0.2) is 0 Å². The van der Waals surface area contributed by atoms with Crippen molar-refractivity contribution in [3.05, 3.63) is 0 Å². The quantitative estimate of drug-likeness (QED) is 0.773. The Morgan fingerprint density at radius 1 is 0.778 bits per heavy atom. The predicted octanol–water partition coefficient (Wildman–Crippen LogP) is 3.35. The molecule has 0 amide bonds. The molecule has 18 heavy (non-hydrogen) atoms. The van der Waals surface area contributed by atoms with Crippen molar-refractivity contribution in [2.75, 3.05) is 53.0 Å². The molecule has 1 rings (SSSR count). The molecule has 1 aliphatic heterocycles. The van der Waals surface area contributed by atoms with Crippen molar-refractivity contribution in [1.82, 2.24) is 9.80 Å². The fourth-order valence-corrected chi connectivity index (χ4v) is 1.55. The molecule has 0 aliphatic carbocycles. The zero-order chi connectivity index (χ0) is 14.8. The molecule has 0 N–H and O–H groups in total. The highest BCUT2D eigenvalue weighted by Gasteiger charge is 2.14. The van der Waals surface area contributed by atoms with E-state index in [1.807, 2.05) is 41.5 Å². The number of ether oxygens (including phenoxy) is 1. The first kappa shape index (κ1) is 23.0. The maximum Gasteiger partial charge on any atom is 0.0589 e. The van der Waals surface area contributed by atoms with Gasteiger partial charge in [0.2, 0.25) is 0 Å². The highest BCUT2D eigenvalue weighted by Crippen LogP contribution is 1.99. The van der Waals surface area contributed by atoms with Crippen LogP contribution >= 0.6 is 0 Å². The van der Waals surface area contributed by atoms with E-state index in [9.17, 15) is 0 Å². The first-order chi connectivity index (χ1) is 8.86. The molecular formula is C15H38N2O. The average molecular weight is 262 g/mol. The third-order valence-corrected chi connectivity index (χ3v) is 2.52. The van der Waals surface area contributed by atoms with E-state index < -0.39 is 0 Å². The summed E-state index contributed by atoms with van der Waals surface area (Å²) in [5.41, 5.74) is 0. The second-order valence-corrected chi connectivity index (χ2v) is 3.27. The molecule has 0 atom stereocenters. The molecule has 0 radical (unpaired) electrons. The van der Waals surface area contributed by atoms with Crippen molar-refractivity contribution in [1.29, 1.82) is 0 Å². The van der Waals surface area contributed by atoms with Crippen LogP contribution < -0.4 is 0 Å². The van der Waals surface area contributed by atoms with Gasteiger partial charge >= 0.3 is 0 Å². The minimum Gasteiger partial charge on any atom is -0.383 e. The number of methoxy groups -OCH3 is 1. The van der Waals surface area contributed by atoms with Gasteiger partial charge in [0.1, 0.15) is 0 Å². The van der Waals surface area contributed by atoms with Crippen LogP contribution in [0.1, 0.15) is 48.5 Å². The van der Waals surface area contributed by atoms with Gasteiger partial charge in [0.25, 0.3) is 0 Å². The summed E-state index contributed by atoms with van der Waals surface area (Å²) in [6, 6.07) is 0. The average Bonchev–Trinajstić information content (AvgIpc) is 2.51. The Kier molecular flexibility index (Phi) is 28.2. The van der Waals surface area contributed by atoms with Crippen LogP contribution in [0.15, 0.2) is 0 Å². The molecule has 114 valence electrons. The van der Waals surface area contributed by atoms with Gasteiger partial charge < -0.3 is 9.64 Å². The number of nitrogens with zero attached hydrogens (tertiary/aromatic N) is 2. The first-order valence-electron chi connectivity index (χ1n) is 7.80. The lowest BCUT2D eigenvalue weighted by atomic mass is 10.3. The molecule has 0 spiro atoms. The van der Waals surface area contributed by atoms with Gasteiger partial charge in [-0.3, -0.25) is 4.90 Å². The van der Waals surface area contributed by atoms with Crippen molar-refractivity contribution in [3.8, 4) is 0 Å². The Morgan fingerprint density at radius 3 is 1.50 bits per heavy atom. The Bertz CT molecular complexity index is 113. The monoisotopic (exact) mass is 262 g/mol. The van der Waals surface area contributed by atoms with E-state index in [4.69, 9.17) is 4.74 Å². The molecule has 0 saturated carbocycles. The standard InChI is InChI=1S/C9H20N2O.3C2H6/c1-3-10-4-6-11(7-5-10)8-9-12-2;3*1-2/h3-9H2,1-2H3;3*1-2H3. The molecule has 0 aromatic rings. The third kappa shape index (κ3) is 13.9. The van der Waals surface area contributed by atoms with Crippen molar-refractivity contribution < 1.29 is 4.74 Å². The second-order valence-electron chi connectivity index (χ2n) is 3.27. The van der Waals surface area contributed by atoms with Crippen LogP contribution in [0.25, 0.3) is 0 Å². The zero-order valence-electron chi connectivity index (χ0n) is 14.3. The van der Waals surface area contributed by atoms with Gasteiger partial charge in [-0.15, -0.1) is 0 Å². The van der Waals surface area contributed by atoms with E-state index >= 15 is 0 Å². The van der Waals surface area contributed by atoms with E-state index in [-0.39, 0.29) is 0 Å². The number of likely N-dealkylation sites (N-methyl/N-ethyl adjacent to an activating group) is 1. The summed E-state index contributed by atoms with van der Waals surface area (Å²) in [5, 5.41) is 0. The van der Waals surface area contributed by atoms with Crippen LogP contribution in [0.2, 0.25) is 0 Å². The highest BCUT2D eigenvalue weighted by molar-refractivity contribution is 4.70. The van der Waals surface area contributed by atoms with Crippen molar-refractivity contribution >= 4 is 0 Å². The summed E-state index contributed by atoms with van der Waals surface area (Å²) in [7, 11) is 1.77. The van der Waals surface area contributed by atoms with Gasteiger partial charge in [-0.05, 0) is 6.54 Å². The normalized spacial score (nSPS) is 15.3. The molecule has 1 fully saturated rings. The Labute approximate surface area is 116 Å². The van der Waals surface area contributed by atoms with Crippen molar-refractivity contribution in [3.63, 3.8) is 0 Å². The smallest absolute Gasteiger partial charge is 0.0589 e. The largest absolute Gasteiger partial charge is 0.383 e. The van der Waals surface area contributed by atoms with Crippen molar-refractivity contribution in [2.24, 2.45) is 0 Å². The Balaban J connectivity index is -0.000000328. The third-order valence-electron chi connectivity index (χ3n) is 2.52. The molecule has 3 nitrogen and oxygen atoms in total. The van der Waals surface area contributed by atoms with Crippen LogP contribution in [0.5, 0.6) is 0 Å². The molecule has 0 unspecified atom stereocenters. The summed E-state index contributed by atoms with van der Waals surface area (Å²) >= 11 is 0.